The van der Waals surface area contributed by atoms with Crippen molar-refractivity contribution in [2.75, 3.05) is 11.9 Å². The van der Waals surface area contributed by atoms with Gasteiger partial charge in [0, 0.05) is 18.8 Å². The summed E-state index contributed by atoms with van der Waals surface area (Å²) in [6, 6.07) is 0.758. The van der Waals surface area contributed by atoms with E-state index in [1.165, 1.54) is 18.7 Å². The third kappa shape index (κ3) is 4.89. The monoisotopic (exact) mass is 388 g/mol. The largest absolute Gasteiger partial charge is 0.309 e. The summed E-state index contributed by atoms with van der Waals surface area (Å²) in [4.78, 5) is 44.3. The second kappa shape index (κ2) is 9.36. The zero-order valence-corrected chi connectivity index (χ0v) is 15.5. The van der Waals surface area contributed by atoms with E-state index in [2.05, 4.69) is 20.4 Å². The second-order valence-electron chi connectivity index (χ2n) is 7.13. The molecule has 1 aliphatic carbocycles. The second-order valence-corrected chi connectivity index (χ2v) is 7.13. The summed E-state index contributed by atoms with van der Waals surface area (Å²) in [6.45, 7) is -0.120. The summed E-state index contributed by atoms with van der Waals surface area (Å²) >= 11 is 0. The van der Waals surface area contributed by atoms with Crippen LogP contribution in [0.3, 0.4) is 0 Å². The summed E-state index contributed by atoms with van der Waals surface area (Å²) in [6.07, 6.45) is 9.74. The number of nitrogens with one attached hydrogen (secondary N) is 1. The van der Waals surface area contributed by atoms with Gasteiger partial charge in [-0.05, 0) is 18.4 Å². The maximum atomic E-state index is 13.1. The molecule has 3 amide bonds. The van der Waals surface area contributed by atoms with Crippen LogP contribution in [0.1, 0.15) is 38.5 Å². The van der Waals surface area contributed by atoms with Crippen molar-refractivity contribution in [3.8, 4) is 0 Å². The van der Waals surface area contributed by atoms with Crippen LogP contribution in [0.2, 0.25) is 0 Å². The molecule has 0 radical (unpaired) electrons. The fourth-order valence-corrected chi connectivity index (χ4v) is 3.78. The van der Waals surface area contributed by atoms with Gasteiger partial charge in [0.25, 0.3) is 5.91 Å². The minimum Gasteiger partial charge on any atom is -0.309 e. The maximum Gasteiger partial charge on any atom is 0.250 e. The zero-order valence-electron chi connectivity index (χ0n) is 15.5. The Labute approximate surface area is 162 Å². The quantitative estimate of drug-likeness (QED) is 0.389. The molecule has 0 aromatic carbocycles. The number of hydrazone groups is 1. The SMILES string of the molecule is O=CN(O)C[C@@H](CC1CCCC1)C(=O)N1N=CC[C@H]1C(=O)Nc1ccncn1. The normalized spacial score (nSPS) is 20.2. The van der Waals surface area contributed by atoms with Crippen molar-refractivity contribution in [3.63, 3.8) is 0 Å². The van der Waals surface area contributed by atoms with E-state index in [4.69, 9.17) is 0 Å². The first kappa shape index (κ1) is 19.9. The Kier molecular flexibility index (Phi) is 6.64. The lowest BCUT2D eigenvalue weighted by atomic mass is 9.92. The Balaban J connectivity index is 1.69. The molecule has 10 nitrogen and oxygen atoms in total. The predicted molar refractivity (Wildman–Crippen MR) is 99.0 cm³/mol. The molecule has 3 rings (SSSR count). The lowest BCUT2D eigenvalue weighted by molar-refractivity contribution is -0.158. The van der Waals surface area contributed by atoms with E-state index in [1.807, 2.05) is 0 Å². The first-order valence-corrected chi connectivity index (χ1v) is 9.41. The summed E-state index contributed by atoms with van der Waals surface area (Å²) in [5.41, 5.74) is 0. The maximum absolute atomic E-state index is 13.1. The Morgan fingerprint density at radius 1 is 1.39 bits per heavy atom. The molecule has 2 atom stereocenters. The van der Waals surface area contributed by atoms with Crippen LogP contribution in [-0.2, 0) is 14.4 Å². The lowest BCUT2D eigenvalue weighted by Gasteiger charge is -2.28. The lowest BCUT2D eigenvalue weighted by Crippen LogP contribution is -2.46. The molecule has 150 valence electrons. The van der Waals surface area contributed by atoms with Crippen molar-refractivity contribution in [1.82, 2.24) is 20.0 Å². The van der Waals surface area contributed by atoms with E-state index in [0.717, 1.165) is 30.7 Å². The molecule has 10 heteroatoms. The number of rotatable bonds is 8. The summed E-state index contributed by atoms with van der Waals surface area (Å²) in [5, 5.41) is 18.0. The van der Waals surface area contributed by atoms with Gasteiger partial charge >= 0.3 is 0 Å². The molecule has 1 saturated carbocycles. The first-order chi connectivity index (χ1) is 13.6. The van der Waals surface area contributed by atoms with E-state index in [0.29, 0.717) is 23.2 Å². The Morgan fingerprint density at radius 3 is 2.86 bits per heavy atom. The molecule has 0 saturated heterocycles. The van der Waals surface area contributed by atoms with Gasteiger partial charge in [-0.3, -0.25) is 19.6 Å². The Bertz CT molecular complexity index is 722. The molecule has 1 aliphatic heterocycles. The molecule has 1 aromatic heterocycles. The fraction of sp³-hybridized carbons (Fsp3) is 0.556. The van der Waals surface area contributed by atoms with Gasteiger partial charge in [-0.1, -0.05) is 25.7 Å². The summed E-state index contributed by atoms with van der Waals surface area (Å²) in [5.74, 6) is -0.689. The van der Waals surface area contributed by atoms with Gasteiger partial charge in [0.1, 0.15) is 18.2 Å². The first-order valence-electron chi connectivity index (χ1n) is 9.41. The van der Waals surface area contributed by atoms with Crippen LogP contribution in [-0.4, -0.2) is 62.3 Å². The highest BCUT2D eigenvalue weighted by molar-refractivity contribution is 5.99. The van der Waals surface area contributed by atoms with Crippen LogP contribution < -0.4 is 5.32 Å². The minimum atomic E-state index is -0.795. The van der Waals surface area contributed by atoms with Gasteiger partial charge in [-0.2, -0.15) is 5.10 Å². The van der Waals surface area contributed by atoms with Crippen LogP contribution in [0, 0.1) is 11.8 Å². The van der Waals surface area contributed by atoms with Gasteiger partial charge in [0.05, 0.1) is 12.5 Å². The molecule has 2 aliphatic rings. The highest BCUT2D eigenvalue weighted by Crippen LogP contribution is 2.32. The smallest absolute Gasteiger partial charge is 0.250 e. The number of hydroxylamine groups is 2. The standard InChI is InChI=1S/C18H24N6O4/c25-12-23(28)10-14(9-13-3-1-2-4-13)18(27)24-15(5-8-21-24)17(26)22-16-6-7-19-11-20-16/h6-8,11-15,28H,1-5,9-10H2,(H,19,20,22,26)/t14-,15+/m1/s1. The predicted octanol–water partition coefficient (Wildman–Crippen LogP) is 1.05. The average Bonchev–Trinajstić information content (AvgIpc) is 3.39. The van der Waals surface area contributed by atoms with E-state index >= 15 is 0 Å². The Morgan fingerprint density at radius 2 is 2.18 bits per heavy atom. The molecule has 0 bridgehead atoms. The van der Waals surface area contributed by atoms with E-state index in [1.54, 1.807) is 6.07 Å². The van der Waals surface area contributed by atoms with Crippen molar-refractivity contribution in [1.29, 1.82) is 0 Å². The van der Waals surface area contributed by atoms with Gasteiger partial charge < -0.3 is 5.32 Å². The minimum absolute atomic E-state index is 0.120. The number of amides is 3. The van der Waals surface area contributed by atoms with Crippen LogP contribution in [0.5, 0.6) is 0 Å². The molecule has 1 aromatic rings. The molecule has 28 heavy (non-hydrogen) atoms. The van der Waals surface area contributed by atoms with Crippen LogP contribution in [0.25, 0.3) is 0 Å². The number of carbonyl (C=O) groups excluding carboxylic acids is 3. The van der Waals surface area contributed by atoms with Crippen LogP contribution in [0.15, 0.2) is 23.7 Å². The topological polar surface area (TPSA) is 128 Å². The van der Waals surface area contributed by atoms with Crippen molar-refractivity contribution in [3.05, 3.63) is 18.6 Å². The van der Waals surface area contributed by atoms with Gasteiger partial charge in [-0.25, -0.2) is 20.0 Å². The van der Waals surface area contributed by atoms with Crippen LogP contribution in [0.4, 0.5) is 5.82 Å². The molecule has 2 N–H and O–H groups in total. The van der Waals surface area contributed by atoms with Gasteiger partial charge in [0.2, 0.25) is 12.3 Å². The number of hydrogen-bond acceptors (Lipinski definition) is 7. The molecular formula is C18H24N6O4. The van der Waals surface area contributed by atoms with Gasteiger partial charge in [-0.15, -0.1) is 0 Å². The van der Waals surface area contributed by atoms with E-state index in [-0.39, 0.29) is 25.3 Å². The van der Waals surface area contributed by atoms with Crippen molar-refractivity contribution in [2.24, 2.45) is 16.9 Å². The zero-order chi connectivity index (χ0) is 19.9. The number of hydrogen-bond donors (Lipinski definition) is 2. The molecule has 1 fully saturated rings. The molecular weight excluding hydrogens is 364 g/mol. The molecule has 0 spiro atoms. The fourth-order valence-electron chi connectivity index (χ4n) is 3.78. The van der Waals surface area contributed by atoms with Gasteiger partial charge in [0.15, 0.2) is 0 Å². The number of carbonyl (C=O) groups is 3. The van der Waals surface area contributed by atoms with E-state index in [9.17, 15) is 19.6 Å². The van der Waals surface area contributed by atoms with Crippen molar-refractivity contribution < 1.29 is 19.6 Å². The van der Waals surface area contributed by atoms with Crippen molar-refractivity contribution >= 4 is 30.3 Å². The molecule has 0 unspecified atom stereocenters. The number of aromatic nitrogens is 2. The van der Waals surface area contributed by atoms with Crippen molar-refractivity contribution in [2.45, 2.75) is 44.6 Å². The summed E-state index contributed by atoms with van der Waals surface area (Å²) < 4.78 is 0. The third-order valence-corrected chi connectivity index (χ3v) is 5.16. The van der Waals surface area contributed by atoms with E-state index < -0.39 is 17.9 Å². The highest BCUT2D eigenvalue weighted by atomic mass is 16.5. The third-order valence-electron chi connectivity index (χ3n) is 5.16. The number of anilines is 1. The number of nitrogens with zero attached hydrogens (tertiary/aromatic N) is 5. The highest BCUT2D eigenvalue weighted by Gasteiger charge is 2.38. The molecule has 2 heterocycles. The Hall–Kier alpha value is -2.88. The summed E-state index contributed by atoms with van der Waals surface area (Å²) in [7, 11) is 0. The van der Waals surface area contributed by atoms with Crippen LogP contribution >= 0.6 is 0 Å². The average molecular weight is 388 g/mol.